The number of para-hydroxylation sites is 1. The third kappa shape index (κ3) is 5.48. The summed E-state index contributed by atoms with van der Waals surface area (Å²) >= 11 is 0. The highest BCUT2D eigenvalue weighted by atomic mass is 16.5. The van der Waals surface area contributed by atoms with Crippen LogP contribution in [0.2, 0.25) is 0 Å². The summed E-state index contributed by atoms with van der Waals surface area (Å²) in [5, 5.41) is 9.05. The largest absolute Gasteiger partial charge is 0.477 e. The fourth-order valence-corrected chi connectivity index (χ4v) is 5.62. The SMILES string of the molecule is CC(NCc1ccc(OC[C@@H]2CC[C@H]3CN(c4noc5ccccc45)CCN3C2)nc1)c1ccccc1. The lowest BCUT2D eigenvalue weighted by atomic mass is 9.91. The van der Waals surface area contributed by atoms with E-state index >= 15 is 0 Å². The van der Waals surface area contributed by atoms with E-state index in [0.717, 1.165) is 61.7 Å². The van der Waals surface area contributed by atoms with Crippen LogP contribution in [-0.2, 0) is 6.54 Å². The van der Waals surface area contributed by atoms with Crippen molar-refractivity contribution in [2.75, 3.05) is 37.7 Å². The zero-order chi connectivity index (χ0) is 25.0. The van der Waals surface area contributed by atoms with Crippen LogP contribution in [-0.4, -0.2) is 53.9 Å². The van der Waals surface area contributed by atoms with Crippen molar-refractivity contribution in [1.82, 2.24) is 20.4 Å². The highest BCUT2D eigenvalue weighted by molar-refractivity contribution is 5.88. The number of benzene rings is 2. The second kappa shape index (κ2) is 10.9. The van der Waals surface area contributed by atoms with Crippen molar-refractivity contribution in [2.24, 2.45) is 5.92 Å². The van der Waals surface area contributed by atoms with Gasteiger partial charge in [-0.1, -0.05) is 53.7 Å². The first-order valence-corrected chi connectivity index (χ1v) is 13.4. The lowest BCUT2D eigenvalue weighted by Gasteiger charge is -2.46. The molecule has 4 heterocycles. The summed E-state index contributed by atoms with van der Waals surface area (Å²) in [4.78, 5) is 9.59. The van der Waals surface area contributed by atoms with E-state index in [1.807, 2.05) is 30.5 Å². The lowest BCUT2D eigenvalue weighted by molar-refractivity contribution is 0.0717. The van der Waals surface area contributed by atoms with Gasteiger partial charge in [0, 0.05) is 63.0 Å². The molecule has 2 aromatic heterocycles. The fourth-order valence-electron chi connectivity index (χ4n) is 5.62. The summed E-state index contributed by atoms with van der Waals surface area (Å²) in [5.74, 6) is 2.23. The molecule has 1 unspecified atom stereocenters. The highest BCUT2D eigenvalue weighted by Gasteiger charge is 2.34. The number of anilines is 1. The Hall–Kier alpha value is -3.42. The number of nitrogens with one attached hydrogen (secondary N) is 1. The Balaban J connectivity index is 0.963. The quantitative estimate of drug-likeness (QED) is 0.365. The van der Waals surface area contributed by atoms with E-state index in [4.69, 9.17) is 9.26 Å². The standard InChI is InChI=1S/C30H35N5O2/c1-22(25-7-3-2-4-8-25)31-17-23-12-14-29(32-18-23)36-21-24-11-13-26-20-35(16-15-34(26)19-24)30-27-9-5-6-10-28(27)37-33-30/h2-10,12,14,18,22,24,26,31H,11,13,15-17,19-21H2,1H3/t22?,24-,26+/m1/s1. The zero-order valence-electron chi connectivity index (χ0n) is 21.4. The molecule has 0 aliphatic carbocycles. The molecule has 0 amide bonds. The van der Waals surface area contributed by atoms with Gasteiger partial charge in [0.1, 0.15) is 0 Å². The third-order valence-electron chi connectivity index (χ3n) is 7.84. The smallest absolute Gasteiger partial charge is 0.213 e. The maximum absolute atomic E-state index is 6.11. The molecule has 2 saturated heterocycles. The lowest BCUT2D eigenvalue weighted by Crippen LogP contribution is -2.57. The first-order valence-electron chi connectivity index (χ1n) is 13.4. The Bertz CT molecular complexity index is 1290. The van der Waals surface area contributed by atoms with Crippen LogP contribution in [0.4, 0.5) is 5.82 Å². The van der Waals surface area contributed by atoms with E-state index < -0.39 is 0 Å². The molecule has 6 rings (SSSR count). The molecule has 37 heavy (non-hydrogen) atoms. The van der Waals surface area contributed by atoms with E-state index in [0.29, 0.717) is 23.9 Å². The summed E-state index contributed by atoms with van der Waals surface area (Å²) in [6, 6.07) is 23.6. The molecule has 1 N–H and O–H groups in total. The predicted molar refractivity (Wildman–Crippen MR) is 146 cm³/mol. The Morgan fingerprint density at radius 2 is 1.86 bits per heavy atom. The Kier molecular flexibility index (Phi) is 7.06. The molecule has 4 aromatic rings. The van der Waals surface area contributed by atoms with E-state index in [-0.39, 0.29) is 0 Å². The van der Waals surface area contributed by atoms with Crippen LogP contribution >= 0.6 is 0 Å². The minimum absolute atomic E-state index is 0.296. The van der Waals surface area contributed by atoms with Crippen LogP contribution < -0.4 is 15.0 Å². The highest BCUT2D eigenvalue weighted by Crippen LogP contribution is 2.31. The number of pyridine rings is 1. The number of hydrogen-bond acceptors (Lipinski definition) is 7. The number of ether oxygens (including phenoxy) is 1. The molecular formula is C30H35N5O2. The maximum atomic E-state index is 6.11. The number of aromatic nitrogens is 2. The van der Waals surface area contributed by atoms with Gasteiger partial charge in [-0.2, -0.15) is 0 Å². The van der Waals surface area contributed by atoms with E-state index in [2.05, 4.69) is 74.6 Å². The van der Waals surface area contributed by atoms with Crippen molar-refractivity contribution in [3.63, 3.8) is 0 Å². The normalized spacial score (nSPS) is 21.1. The van der Waals surface area contributed by atoms with Crippen LogP contribution in [0.3, 0.4) is 0 Å². The summed E-state index contributed by atoms with van der Waals surface area (Å²) in [5.41, 5.74) is 3.31. The topological polar surface area (TPSA) is 66.7 Å². The maximum Gasteiger partial charge on any atom is 0.213 e. The molecule has 192 valence electrons. The molecule has 2 aliphatic heterocycles. The number of fused-ring (bicyclic) bond motifs is 2. The minimum atomic E-state index is 0.296. The molecule has 0 spiro atoms. The number of piperidine rings is 1. The molecular weight excluding hydrogens is 462 g/mol. The molecule has 3 atom stereocenters. The molecule has 7 nitrogen and oxygen atoms in total. The second-order valence-electron chi connectivity index (χ2n) is 10.4. The van der Waals surface area contributed by atoms with Gasteiger partial charge in [-0.3, -0.25) is 4.90 Å². The first kappa shape index (κ1) is 23.9. The molecule has 2 aliphatic rings. The van der Waals surface area contributed by atoms with Gasteiger partial charge in [0.05, 0.1) is 12.0 Å². The van der Waals surface area contributed by atoms with Gasteiger partial charge in [0.15, 0.2) is 11.4 Å². The van der Waals surface area contributed by atoms with Gasteiger partial charge in [0.25, 0.3) is 0 Å². The second-order valence-corrected chi connectivity index (χ2v) is 10.4. The number of rotatable bonds is 8. The molecule has 2 fully saturated rings. The third-order valence-corrected chi connectivity index (χ3v) is 7.84. The van der Waals surface area contributed by atoms with E-state index in [9.17, 15) is 0 Å². The van der Waals surface area contributed by atoms with Gasteiger partial charge in [0.2, 0.25) is 5.88 Å². The summed E-state index contributed by atoms with van der Waals surface area (Å²) in [7, 11) is 0. The van der Waals surface area contributed by atoms with Gasteiger partial charge < -0.3 is 19.5 Å². The van der Waals surface area contributed by atoms with Crippen LogP contribution in [0.15, 0.2) is 77.4 Å². The van der Waals surface area contributed by atoms with Gasteiger partial charge >= 0.3 is 0 Å². The monoisotopic (exact) mass is 497 g/mol. The Morgan fingerprint density at radius 3 is 2.73 bits per heavy atom. The number of hydrogen-bond donors (Lipinski definition) is 1. The Morgan fingerprint density at radius 1 is 1.00 bits per heavy atom. The van der Waals surface area contributed by atoms with Gasteiger partial charge in [-0.05, 0) is 43.0 Å². The van der Waals surface area contributed by atoms with Crippen molar-refractivity contribution in [2.45, 2.75) is 38.4 Å². The number of nitrogens with zero attached hydrogens (tertiary/aromatic N) is 4. The van der Waals surface area contributed by atoms with Gasteiger partial charge in [-0.25, -0.2) is 4.98 Å². The molecule has 2 aromatic carbocycles. The van der Waals surface area contributed by atoms with Crippen molar-refractivity contribution in [3.8, 4) is 5.88 Å². The zero-order valence-corrected chi connectivity index (χ0v) is 21.4. The summed E-state index contributed by atoms with van der Waals surface area (Å²) in [6.45, 7) is 7.79. The molecule has 0 bridgehead atoms. The van der Waals surface area contributed by atoms with E-state index in [1.165, 1.54) is 18.4 Å². The fraction of sp³-hybridized carbons (Fsp3) is 0.400. The van der Waals surface area contributed by atoms with Crippen molar-refractivity contribution in [1.29, 1.82) is 0 Å². The minimum Gasteiger partial charge on any atom is -0.477 e. The first-order chi connectivity index (χ1) is 18.2. The van der Waals surface area contributed by atoms with Crippen molar-refractivity contribution < 1.29 is 9.26 Å². The Labute approximate surface area is 218 Å². The summed E-state index contributed by atoms with van der Waals surface area (Å²) < 4.78 is 11.7. The number of piperazine rings is 1. The average molecular weight is 498 g/mol. The molecule has 0 radical (unpaired) electrons. The predicted octanol–water partition coefficient (Wildman–Crippen LogP) is 5.05. The van der Waals surface area contributed by atoms with Crippen molar-refractivity contribution >= 4 is 16.8 Å². The molecule has 7 heteroatoms. The van der Waals surface area contributed by atoms with Crippen LogP contribution in [0.25, 0.3) is 11.0 Å². The van der Waals surface area contributed by atoms with Crippen LogP contribution in [0, 0.1) is 5.92 Å². The summed E-state index contributed by atoms with van der Waals surface area (Å²) in [6.07, 6.45) is 4.27. The van der Waals surface area contributed by atoms with Crippen molar-refractivity contribution in [3.05, 3.63) is 84.1 Å². The van der Waals surface area contributed by atoms with Gasteiger partial charge in [-0.15, -0.1) is 0 Å². The van der Waals surface area contributed by atoms with Crippen LogP contribution in [0.1, 0.15) is 36.9 Å². The van der Waals surface area contributed by atoms with E-state index in [1.54, 1.807) is 0 Å². The molecule has 0 saturated carbocycles. The average Bonchev–Trinajstić information content (AvgIpc) is 3.40. The van der Waals surface area contributed by atoms with Crippen LogP contribution in [0.5, 0.6) is 5.88 Å².